The number of rotatable bonds is 6. The number of benzene rings is 3. The maximum atomic E-state index is 12.8. The quantitative estimate of drug-likeness (QED) is 0.428. The van der Waals surface area contributed by atoms with E-state index in [9.17, 15) is 29.8 Å². The number of aryl methyl sites for hydroxylation is 2. The molecule has 32 heavy (non-hydrogen) atoms. The topological polar surface area (TPSA) is 144 Å². The van der Waals surface area contributed by atoms with Gasteiger partial charge in [0.05, 0.1) is 15.9 Å². The van der Waals surface area contributed by atoms with Crippen LogP contribution in [-0.4, -0.2) is 21.7 Å². The molecule has 10 nitrogen and oxygen atoms in total. The lowest BCUT2D eigenvalue weighted by Crippen LogP contribution is -2.19. The number of nitrogens with one attached hydrogen (secondary N) is 2. The molecule has 0 unspecified atom stereocenters. The van der Waals surface area contributed by atoms with Gasteiger partial charge in [0.15, 0.2) is 0 Å². The number of nitro groups is 2. The fraction of sp³-hybridized carbons (Fsp3) is 0.0909. The lowest BCUT2D eigenvalue weighted by atomic mass is 10.0. The van der Waals surface area contributed by atoms with Crippen LogP contribution in [0.1, 0.15) is 31.8 Å². The number of hydrogen-bond acceptors (Lipinski definition) is 6. The summed E-state index contributed by atoms with van der Waals surface area (Å²) in [4.78, 5) is 47.0. The number of nitrogens with zero attached hydrogens (tertiary/aromatic N) is 2. The Balaban J connectivity index is 2.08. The lowest BCUT2D eigenvalue weighted by Gasteiger charge is -2.11. The van der Waals surface area contributed by atoms with Crippen LogP contribution < -0.4 is 10.6 Å². The largest absolute Gasteiger partial charge is 0.322 e. The molecule has 0 aliphatic carbocycles. The molecule has 3 aromatic rings. The number of nitro benzene ring substituents is 2. The third kappa shape index (κ3) is 4.59. The second-order valence-corrected chi connectivity index (χ2v) is 6.94. The average molecular weight is 434 g/mol. The van der Waals surface area contributed by atoms with Crippen LogP contribution in [0.2, 0.25) is 0 Å². The Morgan fingerprint density at radius 1 is 0.688 bits per heavy atom. The highest BCUT2D eigenvalue weighted by Gasteiger charge is 2.31. The van der Waals surface area contributed by atoms with E-state index in [1.165, 1.54) is 0 Å². The number of para-hydroxylation sites is 2. The molecule has 0 aliphatic rings. The first-order chi connectivity index (χ1) is 15.2. The van der Waals surface area contributed by atoms with Gasteiger partial charge in [-0.3, -0.25) is 29.8 Å². The van der Waals surface area contributed by atoms with Crippen LogP contribution in [0.5, 0.6) is 0 Å². The van der Waals surface area contributed by atoms with E-state index in [2.05, 4.69) is 10.6 Å². The highest BCUT2D eigenvalue weighted by Crippen LogP contribution is 2.31. The summed E-state index contributed by atoms with van der Waals surface area (Å²) in [5, 5.41) is 28.2. The number of carbonyl (C=O) groups is 2. The minimum absolute atomic E-state index is 0.413. The van der Waals surface area contributed by atoms with Gasteiger partial charge < -0.3 is 10.6 Å². The van der Waals surface area contributed by atoms with Crippen LogP contribution in [-0.2, 0) is 0 Å². The maximum absolute atomic E-state index is 12.8. The number of amides is 2. The van der Waals surface area contributed by atoms with Crippen LogP contribution in [0.15, 0.2) is 60.7 Å². The van der Waals surface area contributed by atoms with Crippen LogP contribution in [0.4, 0.5) is 22.7 Å². The van der Waals surface area contributed by atoms with E-state index in [1.54, 1.807) is 62.4 Å². The first-order valence-corrected chi connectivity index (χ1v) is 9.40. The predicted molar refractivity (Wildman–Crippen MR) is 118 cm³/mol. The fourth-order valence-corrected chi connectivity index (χ4v) is 3.05. The number of anilines is 2. The van der Waals surface area contributed by atoms with E-state index in [0.717, 1.165) is 6.07 Å². The molecule has 3 rings (SSSR count). The summed E-state index contributed by atoms with van der Waals surface area (Å²) in [7, 11) is 0. The summed E-state index contributed by atoms with van der Waals surface area (Å²) < 4.78 is 0. The molecular weight excluding hydrogens is 416 g/mol. The summed E-state index contributed by atoms with van der Waals surface area (Å²) in [6.07, 6.45) is 0. The molecular formula is C22H18N4O6. The molecule has 3 aromatic carbocycles. The van der Waals surface area contributed by atoms with Crippen LogP contribution in [0.25, 0.3) is 0 Å². The minimum Gasteiger partial charge on any atom is -0.322 e. The van der Waals surface area contributed by atoms with Gasteiger partial charge in [-0.15, -0.1) is 0 Å². The van der Waals surface area contributed by atoms with Crippen molar-refractivity contribution in [2.24, 2.45) is 0 Å². The standard InChI is InChI=1S/C22H18N4O6/c1-13-7-3-5-9-17(13)23-21(27)15-11-16(20(26(31)32)12-19(15)25(29)30)22(28)24-18-10-6-4-8-14(18)2/h3-12H,1-2H3,(H,23,27)(H,24,28). The van der Waals surface area contributed by atoms with Crippen LogP contribution >= 0.6 is 0 Å². The number of hydrogen-bond donors (Lipinski definition) is 2. The average Bonchev–Trinajstić information content (AvgIpc) is 2.75. The van der Waals surface area contributed by atoms with Gasteiger partial charge in [-0.1, -0.05) is 36.4 Å². The SMILES string of the molecule is Cc1ccccc1NC(=O)c1cc(C(=O)Nc2ccccc2C)c([N+](=O)[O-])cc1[N+](=O)[O-]. The van der Waals surface area contributed by atoms with E-state index >= 15 is 0 Å². The molecule has 0 aromatic heterocycles. The normalized spacial score (nSPS) is 10.3. The highest BCUT2D eigenvalue weighted by molar-refractivity contribution is 6.12. The Bertz CT molecular complexity index is 1160. The van der Waals surface area contributed by atoms with Gasteiger partial charge in [0, 0.05) is 11.4 Å². The Morgan fingerprint density at radius 2 is 1.06 bits per heavy atom. The van der Waals surface area contributed by atoms with Crippen molar-refractivity contribution in [2.45, 2.75) is 13.8 Å². The van der Waals surface area contributed by atoms with Crippen molar-refractivity contribution in [3.05, 3.63) is 103 Å². The van der Waals surface area contributed by atoms with Gasteiger partial charge in [0.1, 0.15) is 11.1 Å². The molecule has 0 fully saturated rings. The Hall–Kier alpha value is -4.60. The lowest BCUT2D eigenvalue weighted by molar-refractivity contribution is -0.394. The molecule has 0 radical (unpaired) electrons. The monoisotopic (exact) mass is 434 g/mol. The van der Waals surface area contributed by atoms with Gasteiger partial charge in [-0.05, 0) is 43.2 Å². The van der Waals surface area contributed by atoms with Gasteiger partial charge in [0.25, 0.3) is 23.2 Å². The van der Waals surface area contributed by atoms with Crippen molar-refractivity contribution >= 4 is 34.6 Å². The molecule has 0 atom stereocenters. The molecule has 0 spiro atoms. The zero-order valence-corrected chi connectivity index (χ0v) is 17.1. The molecule has 0 bridgehead atoms. The molecule has 0 saturated heterocycles. The molecule has 162 valence electrons. The summed E-state index contributed by atoms with van der Waals surface area (Å²) in [6, 6.07) is 15.0. The molecule has 0 aliphatic heterocycles. The molecule has 0 heterocycles. The predicted octanol–water partition coefficient (Wildman–Crippen LogP) is 4.62. The summed E-state index contributed by atoms with van der Waals surface area (Å²) in [6.45, 7) is 3.47. The van der Waals surface area contributed by atoms with Crippen molar-refractivity contribution < 1.29 is 19.4 Å². The molecule has 0 saturated carbocycles. The molecule has 2 amide bonds. The van der Waals surface area contributed by atoms with Crippen molar-refractivity contribution in [3.8, 4) is 0 Å². The van der Waals surface area contributed by atoms with E-state index < -0.39 is 44.2 Å². The Morgan fingerprint density at radius 3 is 1.41 bits per heavy atom. The van der Waals surface area contributed by atoms with E-state index in [0.29, 0.717) is 28.6 Å². The fourth-order valence-electron chi connectivity index (χ4n) is 3.05. The van der Waals surface area contributed by atoms with Gasteiger partial charge in [-0.2, -0.15) is 0 Å². The smallest absolute Gasteiger partial charge is 0.289 e. The van der Waals surface area contributed by atoms with E-state index in [1.807, 2.05) is 0 Å². The van der Waals surface area contributed by atoms with Crippen molar-refractivity contribution in [1.82, 2.24) is 0 Å². The summed E-state index contributed by atoms with van der Waals surface area (Å²) in [5.74, 6) is -1.74. The second kappa shape index (κ2) is 9.04. The highest BCUT2D eigenvalue weighted by atomic mass is 16.6. The van der Waals surface area contributed by atoms with Crippen molar-refractivity contribution in [1.29, 1.82) is 0 Å². The summed E-state index contributed by atoms with van der Waals surface area (Å²) in [5.41, 5.74) is -0.263. The van der Waals surface area contributed by atoms with E-state index in [4.69, 9.17) is 0 Å². The molecule has 10 heteroatoms. The third-order valence-corrected chi connectivity index (χ3v) is 4.78. The third-order valence-electron chi connectivity index (χ3n) is 4.78. The van der Waals surface area contributed by atoms with Crippen molar-refractivity contribution in [3.63, 3.8) is 0 Å². The van der Waals surface area contributed by atoms with Gasteiger partial charge >= 0.3 is 0 Å². The zero-order chi connectivity index (χ0) is 23.4. The van der Waals surface area contributed by atoms with Crippen LogP contribution in [0.3, 0.4) is 0 Å². The minimum atomic E-state index is -0.900. The summed E-state index contributed by atoms with van der Waals surface area (Å²) >= 11 is 0. The van der Waals surface area contributed by atoms with Gasteiger partial charge in [0.2, 0.25) is 0 Å². The first kappa shape index (κ1) is 22.1. The zero-order valence-electron chi connectivity index (χ0n) is 17.1. The second-order valence-electron chi connectivity index (χ2n) is 6.94. The maximum Gasteiger partial charge on any atom is 0.289 e. The number of carbonyl (C=O) groups excluding carboxylic acids is 2. The Labute approximate surface area is 182 Å². The Kier molecular flexibility index (Phi) is 6.24. The first-order valence-electron chi connectivity index (χ1n) is 9.40. The molecule has 2 N–H and O–H groups in total. The van der Waals surface area contributed by atoms with Gasteiger partial charge in [-0.25, -0.2) is 0 Å². The van der Waals surface area contributed by atoms with Crippen molar-refractivity contribution in [2.75, 3.05) is 10.6 Å². The van der Waals surface area contributed by atoms with Crippen LogP contribution in [0, 0.1) is 34.1 Å². The van der Waals surface area contributed by atoms with E-state index in [-0.39, 0.29) is 0 Å².